The first-order chi connectivity index (χ1) is 18.5. The maximum Gasteiger partial charge on any atom is 0.335 e. The van der Waals surface area contributed by atoms with Gasteiger partial charge in [-0.15, -0.1) is 0 Å². The molecule has 7 heteroatoms. The molecule has 1 unspecified atom stereocenters. The summed E-state index contributed by atoms with van der Waals surface area (Å²) in [4.78, 5) is 18.5. The summed E-state index contributed by atoms with van der Waals surface area (Å²) in [5.41, 5.74) is 3.45. The second-order valence-corrected chi connectivity index (χ2v) is 12.4. The van der Waals surface area contributed by atoms with Gasteiger partial charge in [0.05, 0.1) is 5.56 Å². The lowest BCUT2D eigenvalue weighted by Gasteiger charge is -2.51. The number of rotatable bonds is 9. The van der Waals surface area contributed by atoms with Crippen molar-refractivity contribution in [3.63, 3.8) is 0 Å². The predicted molar refractivity (Wildman–Crippen MR) is 143 cm³/mol. The third-order valence-electron chi connectivity index (χ3n) is 9.72. The molecule has 0 amide bonds. The van der Waals surface area contributed by atoms with Crippen molar-refractivity contribution in [3.8, 4) is 0 Å². The van der Waals surface area contributed by atoms with Crippen LogP contribution in [0.4, 0.5) is 0 Å². The third kappa shape index (κ3) is 4.67. The molecule has 1 saturated heterocycles. The van der Waals surface area contributed by atoms with Crippen LogP contribution >= 0.6 is 0 Å². The molecule has 4 aliphatic rings. The fourth-order valence-electron chi connectivity index (χ4n) is 6.83. The maximum atomic E-state index is 11.1. The van der Waals surface area contributed by atoms with Crippen LogP contribution < -0.4 is 5.32 Å². The molecular weight excluding hydrogens is 476 g/mol. The zero-order valence-corrected chi connectivity index (χ0v) is 21.8. The van der Waals surface area contributed by atoms with Crippen molar-refractivity contribution in [1.29, 1.82) is 0 Å². The minimum Gasteiger partial charge on any atom is -0.478 e. The first-order valence-electron chi connectivity index (χ1n) is 14.2. The smallest absolute Gasteiger partial charge is 0.335 e. The highest BCUT2D eigenvalue weighted by Crippen LogP contribution is 2.57. The van der Waals surface area contributed by atoms with Gasteiger partial charge >= 0.3 is 5.97 Å². The molecule has 2 heterocycles. The number of hydrogen-bond donors (Lipinski definition) is 2. The highest BCUT2D eigenvalue weighted by atomic mass is 16.5. The van der Waals surface area contributed by atoms with Gasteiger partial charge in [-0.05, 0) is 86.7 Å². The molecule has 198 valence electrons. The number of nitrogens with zero attached hydrogens (tertiary/aromatic N) is 3. The van der Waals surface area contributed by atoms with E-state index in [0.717, 1.165) is 63.6 Å². The van der Waals surface area contributed by atoms with E-state index in [1.165, 1.54) is 30.4 Å². The number of aromatic carboxylic acids is 1. The first-order valence-corrected chi connectivity index (χ1v) is 14.2. The van der Waals surface area contributed by atoms with Gasteiger partial charge in [-0.2, -0.15) is 4.98 Å². The molecule has 1 spiro atoms. The zero-order valence-electron chi connectivity index (χ0n) is 21.8. The number of aromatic nitrogens is 2. The molecule has 2 N–H and O–H groups in total. The molecule has 3 aromatic rings. The van der Waals surface area contributed by atoms with Crippen molar-refractivity contribution in [2.45, 2.75) is 74.8 Å². The predicted octanol–water partition coefficient (Wildman–Crippen LogP) is 5.10. The van der Waals surface area contributed by atoms with E-state index in [9.17, 15) is 4.79 Å². The van der Waals surface area contributed by atoms with Gasteiger partial charge in [-0.25, -0.2) is 4.79 Å². The molecule has 3 aliphatic carbocycles. The van der Waals surface area contributed by atoms with E-state index in [-0.39, 0.29) is 5.41 Å². The molecule has 1 aliphatic heterocycles. The van der Waals surface area contributed by atoms with Crippen molar-refractivity contribution in [3.05, 3.63) is 83.0 Å². The summed E-state index contributed by atoms with van der Waals surface area (Å²) in [5.74, 6) is 1.94. The van der Waals surface area contributed by atoms with E-state index in [1.807, 2.05) is 12.1 Å². The van der Waals surface area contributed by atoms with Gasteiger partial charge in [-0.3, -0.25) is 4.90 Å². The van der Waals surface area contributed by atoms with Gasteiger partial charge in [0.25, 0.3) is 0 Å². The van der Waals surface area contributed by atoms with Gasteiger partial charge < -0.3 is 14.9 Å². The molecule has 7 rings (SSSR count). The number of carboxylic acids is 1. The van der Waals surface area contributed by atoms with Gasteiger partial charge in [0.1, 0.15) is 0 Å². The number of carbonyl (C=O) groups is 1. The van der Waals surface area contributed by atoms with Crippen LogP contribution in [0.15, 0.2) is 59.1 Å². The molecule has 0 radical (unpaired) electrons. The van der Waals surface area contributed by atoms with Crippen molar-refractivity contribution in [2.75, 3.05) is 19.6 Å². The summed E-state index contributed by atoms with van der Waals surface area (Å²) in [6.07, 6.45) is 8.22. The summed E-state index contributed by atoms with van der Waals surface area (Å²) in [7, 11) is 0. The Balaban J connectivity index is 0.883. The van der Waals surface area contributed by atoms with E-state index < -0.39 is 5.97 Å². The van der Waals surface area contributed by atoms with Crippen molar-refractivity contribution in [2.24, 2.45) is 5.41 Å². The number of piperidine rings is 1. The van der Waals surface area contributed by atoms with Crippen LogP contribution in [0.5, 0.6) is 0 Å². The summed E-state index contributed by atoms with van der Waals surface area (Å²) in [5, 5.41) is 17.4. The quantitative estimate of drug-likeness (QED) is 0.412. The number of hydrogen-bond acceptors (Lipinski definition) is 6. The average molecular weight is 513 g/mol. The Bertz CT molecular complexity index is 1280. The average Bonchev–Trinajstić information content (AvgIpc) is 3.84. The summed E-state index contributed by atoms with van der Waals surface area (Å²) >= 11 is 0. The molecule has 38 heavy (non-hydrogen) atoms. The number of nitrogens with one attached hydrogen (secondary N) is 1. The number of benzene rings is 2. The normalized spacial score (nSPS) is 25.7. The number of likely N-dealkylation sites (tertiary alicyclic amines) is 1. The standard InChI is InChI=1S/C31H36N4O3/c36-28(37)23-8-6-21(7-9-23)19-35-14-12-30(13-15-35)17-24(18-30)27-33-29(34-38-27)31(10-11-31)20-32-26-16-25(26)22-4-2-1-3-5-22/h1-9,24-26,32H,10-20H2,(H,36,37)/t25?,26-/m0/s1. The van der Waals surface area contributed by atoms with Crippen LogP contribution in [-0.4, -0.2) is 51.8 Å². The van der Waals surface area contributed by atoms with Gasteiger partial charge in [0.15, 0.2) is 5.82 Å². The zero-order chi connectivity index (χ0) is 25.7. The molecule has 7 nitrogen and oxygen atoms in total. The highest BCUT2D eigenvalue weighted by molar-refractivity contribution is 5.87. The minimum absolute atomic E-state index is 0.0705. The summed E-state index contributed by atoms with van der Waals surface area (Å²) < 4.78 is 5.83. The van der Waals surface area contributed by atoms with Gasteiger partial charge in [0.2, 0.25) is 5.89 Å². The monoisotopic (exact) mass is 512 g/mol. The van der Waals surface area contributed by atoms with Crippen LogP contribution in [0.2, 0.25) is 0 Å². The topological polar surface area (TPSA) is 91.5 Å². The lowest BCUT2D eigenvalue weighted by molar-refractivity contribution is 0.00406. The van der Waals surface area contributed by atoms with E-state index in [4.69, 9.17) is 14.6 Å². The van der Waals surface area contributed by atoms with E-state index in [0.29, 0.717) is 28.9 Å². The largest absolute Gasteiger partial charge is 0.478 e. The van der Waals surface area contributed by atoms with E-state index >= 15 is 0 Å². The fourth-order valence-corrected chi connectivity index (χ4v) is 6.83. The Morgan fingerprint density at radius 2 is 1.76 bits per heavy atom. The molecule has 1 aromatic heterocycles. The van der Waals surface area contributed by atoms with Crippen LogP contribution in [0.25, 0.3) is 0 Å². The highest BCUT2D eigenvalue weighted by Gasteiger charge is 2.52. The van der Waals surface area contributed by atoms with Gasteiger partial charge in [0, 0.05) is 36.4 Å². The van der Waals surface area contributed by atoms with Crippen LogP contribution in [0.1, 0.15) is 90.0 Å². The lowest BCUT2D eigenvalue weighted by atomic mass is 9.57. The SMILES string of the molecule is O=C(O)c1ccc(CN2CCC3(CC2)CC(c2nc(C4(CN[C@H]5CC5c5ccccc5)CC4)no2)C3)cc1. The molecule has 0 bridgehead atoms. The number of carboxylic acid groups (broad SMARTS) is 1. The second kappa shape index (κ2) is 9.31. The molecule has 2 atom stereocenters. The lowest BCUT2D eigenvalue weighted by Crippen LogP contribution is -2.46. The fraction of sp³-hybridized carbons (Fsp3) is 0.516. The van der Waals surface area contributed by atoms with Crippen LogP contribution in [-0.2, 0) is 12.0 Å². The summed E-state index contributed by atoms with van der Waals surface area (Å²) in [6.45, 7) is 4.00. The van der Waals surface area contributed by atoms with Crippen molar-refractivity contribution in [1.82, 2.24) is 20.4 Å². The first kappa shape index (κ1) is 24.0. The molecule has 4 fully saturated rings. The minimum atomic E-state index is -0.872. The Kier molecular flexibility index (Phi) is 5.89. The molecular formula is C31H36N4O3. The second-order valence-electron chi connectivity index (χ2n) is 12.4. The van der Waals surface area contributed by atoms with Crippen molar-refractivity contribution >= 4 is 5.97 Å². The van der Waals surface area contributed by atoms with Gasteiger partial charge in [-0.1, -0.05) is 47.6 Å². The Morgan fingerprint density at radius 1 is 1.03 bits per heavy atom. The maximum absolute atomic E-state index is 11.1. The van der Waals surface area contributed by atoms with Crippen LogP contribution in [0.3, 0.4) is 0 Å². The molecule has 2 aromatic carbocycles. The van der Waals surface area contributed by atoms with E-state index in [2.05, 4.69) is 45.7 Å². The Labute approximate surface area is 223 Å². The summed E-state index contributed by atoms with van der Waals surface area (Å²) in [6, 6.07) is 18.7. The third-order valence-corrected chi connectivity index (χ3v) is 9.72. The Morgan fingerprint density at radius 3 is 2.45 bits per heavy atom. The van der Waals surface area contributed by atoms with Crippen molar-refractivity contribution < 1.29 is 14.4 Å². The van der Waals surface area contributed by atoms with Crippen LogP contribution in [0, 0.1) is 5.41 Å². The Hall–Kier alpha value is -3.03. The van der Waals surface area contributed by atoms with E-state index in [1.54, 1.807) is 12.1 Å². The molecule has 3 saturated carbocycles.